The van der Waals surface area contributed by atoms with Crippen LogP contribution in [0.1, 0.15) is 30.6 Å². The highest BCUT2D eigenvalue weighted by Crippen LogP contribution is 2.20. The first-order valence-corrected chi connectivity index (χ1v) is 7.03. The summed E-state index contributed by atoms with van der Waals surface area (Å²) >= 11 is 11.7. The Morgan fingerprint density at radius 1 is 1.30 bits per heavy atom. The van der Waals surface area contributed by atoms with Crippen molar-refractivity contribution >= 4 is 35.1 Å². The van der Waals surface area contributed by atoms with Crippen LogP contribution in [0.2, 0.25) is 10.0 Å². The zero-order valence-corrected chi connectivity index (χ0v) is 12.8. The van der Waals surface area contributed by atoms with Crippen LogP contribution in [0.5, 0.6) is 0 Å². The fourth-order valence-electron chi connectivity index (χ4n) is 1.82. The molecule has 0 aliphatic rings. The van der Waals surface area contributed by atoms with Crippen molar-refractivity contribution in [1.29, 1.82) is 0 Å². The molecule has 0 spiro atoms. The fourth-order valence-corrected chi connectivity index (χ4v) is 2.20. The van der Waals surface area contributed by atoms with Gasteiger partial charge in [0.05, 0.1) is 16.5 Å². The van der Waals surface area contributed by atoms with Crippen LogP contribution in [0, 0.1) is 11.8 Å². The van der Waals surface area contributed by atoms with E-state index in [4.69, 9.17) is 28.3 Å². The van der Waals surface area contributed by atoms with Crippen molar-refractivity contribution in [3.8, 4) is 0 Å². The van der Waals surface area contributed by atoms with Gasteiger partial charge in [-0.1, -0.05) is 37.0 Å². The maximum Gasteiger partial charge on any atom is 0.308 e. The number of carboxylic acid groups (broad SMARTS) is 1. The lowest BCUT2D eigenvalue weighted by atomic mass is 9.97. The minimum absolute atomic E-state index is 0.0647. The highest BCUT2D eigenvalue weighted by Gasteiger charge is 2.20. The van der Waals surface area contributed by atoms with Gasteiger partial charge in [0, 0.05) is 11.6 Å². The molecule has 1 amide bonds. The van der Waals surface area contributed by atoms with Gasteiger partial charge in [0.15, 0.2) is 0 Å². The molecular formula is C14H17Cl2NO3. The number of hydrogen-bond acceptors (Lipinski definition) is 2. The quantitative estimate of drug-likeness (QED) is 0.844. The lowest BCUT2D eigenvalue weighted by Gasteiger charge is -2.15. The minimum Gasteiger partial charge on any atom is -0.481 e. The van der Waals surface area contributed by atoms with Crippen molar-refractivity contribution in [2.75, 3.05) is 6.54 Å². The Balaban J connectivity index is 2.70. The van der Waals surface area contributed by atoms with Crippen LogP contribution in [0.25, 0.3) is 0 Å². The highest BCUT2D eigenvalue weighted by molar-refractivity contribution is 6.35. The van der Waals surface area contributed by atoms with Gasteiger partial charge in [0.25, 0.3) is 5.91 Å². The number of carboxylic acids is 1. The summed E-state index contributed by atoms with van der Waals surface area (Å²) < 4.78 is 0. The summed E-state index contributed by atoms with van der Waals surface area (Å²) in [5.41, 5.74) is 0.243. The molecule has 1 rings (SSSR count). The van der Waals surface area contributed by atoms with Crippen LogP contribution < -0.4 is 5.32 Å². The number of nitrogens with one attached hydrogen (secondary N) is 1. The van der Waals surface area contributed by atoms with Gasteiger partial charge in [0.1, 0.15) is 0 Å². The Kier molecular flexibility index (Phi) is 6.30. The highest BCUT2D eigenvalue weighted by atomic mass is 35.5. The molecule has 6 heteroatoms. The second-order valence-corrected chi connectivity index (χ2v) is 5.84. The summed E-state index contributed by atoms with van der Waals surface area (Å²) in [6.45, 7) is 3.94. The lowest BCUT2D eigenvalue weighted by Crippen LogP contribution is -2.33. The first kappa shape index (κ1) is 16.8. The molecule has 0 heterocycles. The molecule has 110 valence electrons. The van der Waals surface area contributed by atoms with Crippen LogP contribution in [-0.2, 0) is 4.79 Å². The van der Waals surface area contributed by atoms with Crippen molar-refractivity contribution in [2.24, 2.45) is 11.8 Å². The van der Waals surface area contributed by atoms with E-state index >= 15 is 0 Å². The molecule has 1 atom stereocenters. The van der Waals surface area contributed by atoms with Gasteiger partial charge < -0.3 is 10.4 Å². The maximum atomic E-state index is 12.0. The average Bonchev–Trinajstić information content (AvgIpc) is 2.36. The predicted octanol–water partition coefficient (Wildman–Crippen LogP) is 3.47. The average molecular weight is 318 g/mol. The number of benzene rings is 1. The second-order valence-electron chi connectivity index (χ2n) is 5.00. The summed E-state index contributed by atoms with van der Waals surface area (Å²) in [6, 6.07) is 4.57. The molecule has 0 fully saturated rings. The van der Waals surface area contributed by atoms with Crippen molar-refractivity contribution in [2.45, 2.75) is 20.3 Å². The molecule has 1 aromatic carbocycles. The summed E-state index contributed by atoms with van der Waals surface area (Å²) in [6.07, 6.45) is 0.499. The monoisotopic (exact) mass is 317 g/mol. The molecule has 4 nitrogen and oxygen atoms in total. The summed E-state index contributed by atoms with van der Waals surface area (Å²) in [4.78, 5) is 23.1. The van der Waals surface area contributed by atoms with E-state index in [0.29, 0.717) is 11.4 Å². The van der Waals surface area contributed by atoms with E-state index in [9.17, 15) is 9.59 Å². The third-order valence-corrected chi connectivity index (χ3v) is 3.35. The Labute approximate surface area is 128 Å². The number of rotatable bonds is 6. The molecule has 20 heavy (non-hydrogen) atoms. The normalized spacial score (nSPS) is 12.2. The zero-order valence-electron chi connectivity index (χ0n) is 11.3. The van der Waals surface area contributed by atoms with Crippen LogP contribution in [0.4, 0.5) is 0 Å². The zero-order chi connectivity index (χ0) is 15.3. The summed E-state index contributed by atoms with van der Waals surface area (Å²) in [5.74, 6) is -1.72. The van der Waals surface area contributed by atoms with Crippen molar-refractivity contribution < 1.29 is 14.7 Å². The Hall–Kier alpha value is -1.26. The minimum atomic E-state index is -0.920. The fraction of sp³-hybridized carbons (Fsp3) is 0.429. The molecule has 1 aromatic rings. The molecule has 0 saturated heterocycles. The van der Waals surface area contributed by atoms with E-state index in [1.54, 1.807) is 6.07 Å². The van der Waals surface area contributed by atoms with Crippen molar-refractivity contribution in [3.63, 3.8) is 0 Å². The van der Waals surface area contributed by atoms with Crippen molar-refractivity contribution in [3.05, 3.63) is 33.8 Å². The van der Waals surface area contributed by atoms with E-state index in [1.807, 2.05) is 13.8 Å². The van der Waals surface area contributed by atoms with Gasteiger partial charge in [-0.15, -0.1) is 0 Å². The number of amides is 1. The van der Waals surface area contributed by atoms with Crippen LogP contribution in [0.15, 0.2) is 18.2 Å². The molecule has 0 aromatic heterocycles. The van der Waals surface area contributed by atoms with Gasteiger partial charge >= 0.3 is 5.97 Å². The van der Waals surface area contributed by atoms with Gasteiger partial charge in [-0.3, -0.25) is 9.59 Å². The second kappa shape index (κ2) is 7.50. The third kappa shape index (κ3) is 5.02. The Bertz CT molecular complexity index is 503. The van der Waals surface area contributed by atoms with E-state index in [-0.39, 0.29) is 23.0 Å². The topological polar surface area (TPSA) is 66.4 Å². The van der Waals surface area contributed by atoms with Gasteiger partial charge in [-0.2, -0.15) is 0 Å². The molecular weight excluding hydrogens is 301 g/mol. The first-order valence-electron chi connectivity index (χ1n) is 6.27. The van der Waals surface area contributed by atoms with Crippen LogP contribution >= 0.6 is 23.2 Å². The predicted molar refractivity (Wildman–Crippen MR) is 79.4 cm³/mol. The summed E-state index contributed by atoms with van der Waals surface area (Å²) in [7, 11) is 0. The molecule has 0 saturated carbocycles. The largest absolute Gasteiger partial charge is 0.481 e. The Morgan fingerprint density at radius 2 is 1.95 bits per heavy atom. The summed E-state index contributed by atoms with van der Waals surface area (Å²) in [5, 5.41) is 12.4. The number of aliphatic carboxylic acids is 1. The molecule has 0 bridgehead atoms. The smallest absolute Gasteiger partial charge is 0.308 e. The number of carbonyl (C=O) groups is 2. The molecule has 2 N–H and O–H groups in total. The van der Waals surface area contributed by atoms with E-state index < -0.39 is 17.8 Å². The molecule has 1 unspecified atom stereocenters. The third-order valence-electron chi connectivity index (χ3n) is 2.79. The standard InChI is InChI=1S/C14H17Cl2NO3/c1-8(2)5-9(14(19)20)7-17-13(18)11-6-10(15)3-4-12(11)16/h3-4,6,8-9H,5,7H2,1-2H3,(H,17,18)(H,19,20). The van der Waals surface area contributed by atoms with Crippen LogP contribution in [-0.4, -0.2) is 23.5 Å². The Morgan fingerprint density at radius 3 is 2.50 bits per heavy atom. The number of hydrogen-bond donors (Lipinski definition) is 2. The molecule has 0 aliphatic carbocycles. The lowest BCUT2D eigenvalue weighted by molar-refractivity contribution is -0.142. The maximum absolute atomic E-state index is 12.0. The van der Waals surface area contributed by atoms with Crippen molar-refractivity contribution in [1.82, 2.24) is 5.32 Å². The van der Waals surface area contributed by atoms with E-state index in [0.717, 1.165) is 0 Å². The number of halogens is 2. The van der Waals surface area contributed by atoms with Gasteiger partial charge in [0.2, 0.25) is 0 Å². The molecule has 0 radical (unpaired) electrons. The van der Waals surface area contributed by atoms with Crippen LogP contribution in [0.3, 0.4) is 0 Å². The van der Waals surface area contributed by atoms with Gasteiger partial charge in [-0.05, 0) is 30.5 Å². The van der Waals surface area contributed by atoms with E-state index in [1.165, 1.54) is 12.1 Å². The SMILES string of the molecule is CC(C)CC(CNC(=O)c1cc(Cl)ccc1Cl)C(=O)O. The number of carbonyl (C=O) groups excluding carboxylic acids is 1. The first-order chi connectivity index (χ1) is 9.31. The van der Waals surface area contributed by atoms with E-state index in [2.05, 4.69) is 5.32 Å². The molecule has 0 aliphatic heterocycles. The van der Waals surface area contributed by atoms with Gasteiger partial charge in [-0.25, -0.2) is 0 Å².